The molecule has 0 spiro atoms. The molecule has 0 aliphatic heterocycles. The molecule has 3 aromatic rings. The maximum Gasteiger partial charge on any atom is 0.305 e. The summed E-state index contributed by atoms with van der Waals surface area (Å²) in [5.74, 6) is -4.35. The van der Waals surface area contributed by atoms with Gasteiger partial charge >= 0.3 is 5.97 Å². The Morgan fingerprint density at radius 1 is 1.17 bits per heavy atom. The molecule has 0 saturated carbocycles. The topological polar surface area (TPSA) is 104 Å². The van der Waals surface area contributed by atoms with Gasteiger partial charge in [0.1, 0.15) is 11.5 Å². The lowest BCUT2D eigenvalue weighted by molar-refractivity contribution is -0.137. The molecule has 150 valence electrons. The minimum Gasteiger partial charge on any atom is -0.493 e. The fourth-order valence-electron chi connectivity index (χ4n) is 2.72. The molecule has 3 N–H and O–H groups in total. The lowest BCUT2D eigenvalue weighted by Crippen LogP contribution is -2.30. The third-order valence-corrected chi connectivity index (χ3v) is 4.37. The van der Waals surface area contributed by atoms with Crippen LogP contribution in [0.25, 0.3) is 5.69 Å². The van der Waals surface area contributed by atoms with Gasteiger partial charge in [0.2, 0.25) is 5.88 Å². The average Bonchev–Trinajstić information content (AvgIpc) is 3.03. The number of carboxylic acids is 1. The number of rotatable bonds is 6. The zero-order valence-corrected chi connectivity index (χ0v) is 15.4. The van der Waals surface area contributed by atoms with Crippen LogP contribution in [0.15, 0.2) is 48.5 Å². The van der Waals surface area contributed by atoms with Gasteiger partial charge in [-0.15, -0.1) is 0 Å². The molecule has 0 aliphatic carbocycles. The molecule has 10 heteroatoms. The molecule has 0 bridgehead atoms. The van der Waals surface area contributed by atoms with Crippen molar-refractivity contribution in [3.05, 3.63) is 76.4 Å². The van der Waals surface area contributed by atoms with Gasteiger partial charge in [-0.25, -0.2) is 8.78 Å². The van der Waals surface area contributed by atoms with Gasteiger partial charge in [-0.1, -0.05) is 29.8 Å². The number of aromatic hydroxyl groups is 1. The summed E-state index contributed by atoms with van der Waals surface area (Å²) in [6.45, 7) is 0. The molecule has 3 rings (SSSR count). The number of nitrogens with one attached hydrogen (secondary N) is 1. The van der Waals surface area contributed by atoms with Crippen molar-refractivity contribution in [3.63, 3.8) is 0 Å². The second kappa shape index (κ2) is 8.27. The first-order chi connectivity index (χ1) is 13.8. The Labute approximate surface area is 168 Å². The summed E-state index contributed by atoms with van der Waals surface area (Å²) in [6.07, 6.45) is -0.450. The van der Waals surface area contributed by atoms with Crippen LogP contribution in [0.5, 0.6) is 5.88 Å². The normalized spacial score (nSPS) is 11.8. The second-order valence-electron chi connectivity index (χ2n) is 6.04. The van der Waals surface area contributed by atoms with E-state index in [9.17, 15) is 23.5 Å². The van der Waals surface area contributed by atoms with Gasteiger partial charge in [0, 0.05) is 17.2 Å². The molecule has 1 heterocycles. The van der Waals surface area contributed by atoms with Crippen molar-refractivity contribution in [1.29, 1.82) is 0 Å². The summed E-state index contributed by atoms with van der Waals surface area (Å²) in [7, 11) is 0. The largest absolute Gasteiger partial charge is 0.493 e. The highest BCUT2D eigenvalue weighted by Crippen LogP contribution is 2.26. The van der Waals surface area contributed by atoms with Gasteiger partial charge < -0.3 is 15.5 Å². The van der Waals surface area contributed by atoms with Gasteiger partial charge in [0.25, 0.3) is 5.91 Å². The summed E-state index contributed by atoms with van der Waals surface area (Å²) in [6, 6.07) is 9.05. The van der Waals surface area contributed by atoms with Gasteiger partial charge in [-0.2, -0.15) is 9.78 Å². The van der Waals surface area contributed by atoms with Crippen molar-refractivity contribution in [2.45, 2.75) is 12.5 Å². The van der Waals surface area contributed by atoms with E-state index in [1.807, 2.05) is 0 Å². The first kappa shape index (κ1) is 20.3. The second-order valence-corrected chi connectivity index (χ2v) is 6.45. The summed E-state index contributed by atoms with van der Waals surface area (Å²) in [4.78, 5) is 23.8. The number of hydrogen-bond donors (Lipinski definition) is 3. The standard InChI is InChI=1S/C19H14ClF2N3O4/c20-12-4-2-1-3-11(12)14(9-18(27)28)23-19(29)15-8-17(26)25(24-15)16-6-5-10(21)7-13(16)22/h1-8,14,26H,9H2,(H,23,29)(H,27,28). The van der Waals surface area contributed by atoms with Crippen LogP contribution in [-0.4, -0.2) is 31.9 Å². The highest BCUT2D eigenvalue weighted by atomic mass is 35.5. The van der Waals surface area contributed by atoms with Crippen molar-refractivity contribution < 1.29 is 28.6 Å². The van der Waals surface area contributed by atoms with E-state index < -0.39 is 41.9 Å². The van der Waals surface area contributed by atoms with Crippen molar-refractivity contribution in [2.75, 3.05) is 0 Å². The van der Waals surface area contributed by atoms with E-state index in [2.05, 4.69) is 10.4 Å². The number of nitrogens with zero attached hydrogens (tertiary/aromatic N) is 2. The highest BCUT2D eigenvalue weighted by molar-refractivity contribution is 6.31. The van der Waals surface area contributed by atoms with E-state index >= 15 is 0 Å². The molecule has 1 amide bonds. The first-order valence-corrected chi connectivity index (χ1v) is 8.65. The zero-order chi connectivity index (χ0) is 21.1. The number of aromatic nitrogens is 2. The molecule has 1 aromatic heterocycles. The molecular weight excluding hydrogens is 408 g/mol. The number of halogens is 3. The minimum atomic E-state index is -1.17. The summed E-state index contributed by atoms with van der Waals surface area (Å²) >= 11 is 6.10. The molecule has 2 aromatic carbocycles. The van der Waals surface area contributed by atoms with E-state index in [0.717, 1.165) is 22.9 Å². The lowest BCUT2D eigenvalue weighted by Gasteiger charge is -2.18. The number of carboxylic acid groups (broad SMARTS) is 1. The zero-order valence-electron chi connectivity index (χ0n) is 14.6. The van der Waals surface area contributed by atoms with Crippen LogP contribution >= 0.6 is 11.6 Å². The van der Waals surface area contributed by atoms with E-state index in [-0.39, 0.29) is 16.4 Å². The van der Waals surface area contributed by atoms with E-state index in [1.165, 1.54) is 0 Å². The quantitative estimate of drug-likeness (QED) is 0.565. The van der Waals surface area contributed by atoms with E-state index in [4.69, 9.17) is 16.7 Å². The number of carbonyl (C=O) groups is 2. The lowest BCUT2D eigenvalue weighted by atomic mass is 10.0. The molecule has 0 radical (unpaired) electrons. The summed E-state index contributed by atoms with van der Waals surface area (Å²) < 4.78 is 27.8. The molecule has 0 fully saturated rings. The molecule has 1 atom stereocenters. The third kappa shape index (κ3) is 4.52. The van der Waals surface area contributed by atoms with Gasteiger partial charge in [-0.05, 0) is 23.8 Å². The SMILES string of the molecule is O=C(O)CC(NC(=O)c1cc(O)n(-c2ccc(F)cc2F)n1)c1ccccc1Cl. The van der Waals surface area contributed by atoms with Gasteiger partial charge in [0.05, 0.1) is 12.5 Å². The van der Waals surface area contributed by atoms with Crippen LogP contribution in [-0.2, 0) is 4.79 Å². The molecule has 29 heavy (non-hydrogen) atoms. The van der Waals surface area contributed by atoms with Crippen LogP contribution in [0.1, 0.15) is 28.5 Å². The monoisotopic (exact) mass is 421 g/mol. The van der Waals surface area contributed by atoms with E-state index in [1.54, 1.807) is 24.3 Å². The molecule has 7 nitrogen and oxygen atoms in total. The van der Waals surface area contributed by atoms with Crippen LogP contribution in [0.3, 0.4) is 0 Å². The molecule has 1 unspecified atom stereocenters. The smallest absolute Gasteiger partial charge is 0.305 e. The summed E-state index contributed by atoms with van der Waals surface area (Å²) in [5.41, 5.74) is -0.178. The first-order valence-electron chi connectivity index (χ1n) is 8.28. The Balaban J connectivity index is 1.89. The van der Waals surface area contributed by atoms with Crippen LogP contribution in [0.2, 0.25) is 5.02 Å². The Hall–Kier alpha value is -3.46. The number of amides is 1. The highest BCUT2D eigenvalue weighted by Gasteiger charge is 2.24. The molecular formula is C19H14ClF2N3O4. The van der Waals surface area contributed by atoms with Crippen molar-refractivity contribution in [2.24, 2.45) is 0 Å². The Morgan fingerprint density at radius 2 is 1.90 bits per heavy atom. The Bertz CT molecular complexity index is 1090. The minimum absolute atomic E-state index is 0.265. The molecule has 0 aliphatic rings. The Kier molecular flexibility index (Phi) is 5.79. The van der Waals surface area contributed by atoms with Gasteiger partial charge in [0.15, 0.2) is 11.5 Å². The van der Waals surface area contributed by atoms with Crippen LogP contribution < -0.4 is 5.32 Å². The van der Waals surface area contributed by atoms with Crippen LogP contribution in [0.4, 0.5) is 8.78 Å². The van der Waals surface area contributed by atoms with Crippen molar-refractivity contribution >= 4 is 23.5 Å². The maximum absolute atomic E-state index is 14.0. The van der Waals surface area contributed by atoms with E-state index in [0.29, 0.717) is 11.6 Å². The Morgan fingerprint density at radius 3 is 2.55 bits per heavy atom. The third-order valence-electron chi connectivity index (χ3n) is 4.03. The summed E-state index contributed by atoms with van der Waals surface area (Å²) in [5, 5.41) is 25.7. The predicted molar refractivity (Wildman–Crippen MR) is 99.1 cm³/mol. The maximum atomic E-state index is 14.0. The fraction of sp³-hybridized carbons (Fsp3) is 0.105. The average molecular weight is 422 g/mol. The fourth-order valence-corrected chi connectivity index (χ4v) is 2.98. The van der Waals surface area contributed by atoms with Gasteiger partial charge in [-0.3, -0.25) is 9.59 Å². The number of carbonyl (C=O) groups excluding carboxylic acids is 1. The number of aliphatic carboxylic acids is 1. The van der Waals surface area contributed by atoms with Crippen molar-refractivity contribution in [3.8, 4) is 11.6 Å². The predicted octanol–water partition coefficient (Wildman–Crippen LogP) is 3.46. The van der Waals surface area contributed by atoms with Crippen molar-refractivity contribution in [1.82, 2.24) is 15.1 Å². The number of benzene rings is 2. The van der Waals surface area contributed by atoms with Crippen LogP contribution in [0, 0.1) is 11.6 Å². The molecule has 0 saturated heterocycles. The number of hydrogen-bond acceptors (Lipinski definition) is 4.